The summed E-state index contributed by atoms with van der Waals surface area (Å²) in [6.45, 7) is 1.71. The van der Waals surface area contributed by atoms with Crippen LogP contribution in [0.5, 0.6) is 0 Å². The second-order valence-corrected chi connectivity index (χ2v) is 5.51. The number of primary amides is 1. The lowest BCUT2D eigenvalue weighted by Gasteiger charge is -2.20. The van der Waals surface area contributed by atoms with Crippen LogP contribution in [-0.4, -0.2) is 76.7 Å². The van der Waals surface area contributed by atoms with Gasteiger partial charge in [-0.1, -0.05) is 0 Å². The fraction of sp³-hybridized carbons (Fsp3) is 0.643. The second-order valence-electron chi connectivity index (χ2n) is 5.51. The largest absolute Gasteiger partial charge is 0.394 e. The highest BCUT2D eigenvalue weighted by Gasteiger charge is 2.46. The van der Waals surface area contributed by atoms with Gasteiger partial charge in [0.2, 0.25) is 0 Å². The fourth-order valence-electron chi connectivity index (χ4n) is 2.56. The minimum absolute atomic E-state index is 0.0609. The normalized spacial score (nSPS) is 27.0. The number of nitrogens with zero attached hydrogens (tertiary/aromatic N) is 3. The van der Waals surface area contributed by atoms with Crippen LogP contribution in [0.3, 0.4) is 0 Å². The van der Waals surface area contributed by atoms with Gasteiger partial charge in [0.1, 0.15) is 18.3 Å². The molecular formula is C14H23N5O6. The van der Waals surface area contributed by atoms with E-state index in [-0.39, 0.29) is 30.6 Å². The Kier molecular flexibility index (Phi) is 6.45. The predicted molar refractivity (Wildman–Crippen MR) is 86.3 cm³/mol. The molecule has 1 aromatic rings. The Balaban J connectivity index is 2.32. The molecule has 1 aliphatic heterocycles. The molecule has 4 atom stereocenters. The number of carbonyl (C=O) groups excluding carboxylic acids is 1. The molecule has 1 aromatic heterocycles. The number of hydrogen-bond acceptors (Lipinski definition) is 8. The van der Waals surface area contributed by atoms with Gasteiger partial charge in [0, 0.05) is 7.11 Å². The summed E-state index contributed by atoms with van der Waals surface area (Å²) >= 11 is 0. The summed E-state index contributed by atoms with van der Waals surface area (Å²) in [6, 6.07) is 0. The summed E-state index contributed by atoms with van der Waals surface area (Å²) in [6.07, 6.45) is -2.42. The van der Waals surface area contributed by atoms with Crippen molar-refractivity contribution in [2.75, 3.05) is 26.9 Å². The number of rotatable bonds is 8. The highest BCUT2D eigenvalue weighted by atomic mass is 16.6. The number of amidine groups is 1. The topological polar surface area (TPSA) is 167 Å². The Morgan fingerprint density at radius 1 is 1.48 bits per heavy atom. The number of hydrogen-bond donors (Lipinski definition) is 4. The van der Waals surface area contributed by atoms with Crippen LogP contribution < -0.4 is 11.5 Å². The van der Waals surface area contributed by atoms with Crippen molar-refractivity contribution < 1.29 is 29.2 Å². The van der Waals surface area contributed by atoms with Crippen LogP contribution in [0.1, 0.15) is 23.6 Å². The first-order valence-electron chi connectivity index (χ1n) is 7.63. The van der Waals surface area contributed by atoms with Crippen LogP contribution in [0.25, 0.3) is 0 Å². The number of nitrogens with two attached hydrogens (primary N) is 2. The molecule has 2 unspecified atom stereocenters. The maximum absolute atomic E-state index is 11.5. The van der Waals surface area contributed by atoms with Gasteiger partial charge in [-0.05, 0) is 6.92 Å². The number of aliphatic hydroxyl groups excluding tert-OH is 2. The van der Waals surface area contributed by atoms with Crippen LogP contribution in [0.15, 0.2) is 11.3 Å². The molecular weight excluding hydrogens is 334 g/mol. The summed E-state index contributed by atoms with van der Waals surface area (Å²) in [5.74, 6) is -0.563. The molecule has 0 aliphatic carbocycles. The van der Waals surface area contributed by atoms with E-state index in [2.05, 4.69) is 9.98 Å². The zero-order valence-corrected chi connectivity index (χ0v) is 14.0. The van der Waals surface area contributed by atoms with Crippen LogP contribution in [0.4, 0.5) is 5.82 Å². The number of amides is 1. The van der Waals surface area contributed by atoms with Gasteiger partial charge in [0.15, 0.2) is 17.7 Å². The van der Waals surface area contributed by atoms with E-state index >= 15 is 0 Å². The summed E-state index contributed by atoms with van der Waals surface area (Å²) in [4.78, 5) is 19.5. The molecule has 11 heteroatoms. The van der Waals surface area contributed by atoms with Crippen molar-refractivity contribution in [3.8, 4) is 0 Å². The molecule has 1 fully saturated rings. The van der Waals surface area contributed by atoms with E-state index in [1.54, 1.807) is 0 Å². The Labute approximate surface area is 144 Å². The van der Waals surface area contributed by atoms with Gasteiger partial charge in [-0.15, -0.1) is 0 Å². The van der Waals surface area contributed by atoms with E-state index in [1.165, 1.54) is 24.9 Å². The minimum Gasteiger partial charge on any atom is -0.394 e. The van der Waals surface area contributed by atoms with Gasteiger partial charge in [0.25, 0.3) is 5.91 Å². The third-order valence-corrected chi connectivity index (χ3v) is 3.64. The molecule has 0 aromatic carbocycles. The van der Waals surface area contributed by atoms with Crippen molar-refractivity contribution in [3.63, 3.8) is 0 Å². The van der Waals surface area contributed by atoms with Gasteiger partial charge in [-0.2, -0.15) is 0 Å². The molecule has 6 N–H and O–H groups in total. The minimum atomic E-state index is -1.14. The van der Waals surface area contributed by atoms with Gasteiger partial charge >= 0.3 is 0 Å². The van der Waals surface area contributed by atoms with Crippen LogP contribution in [-0.2, 0) is 14.2 Å². The first-order chi connectivity index (χ1) is 11.9. The molecule has 0 spiro atoms. The van der Waals surface area contributed by atoms with Crippen molar-refractivity contribution in [3.05, 3.63) is 12.0 Å². The Bertz CT molecular complexity index is 629. The third kappa shape index (κ3) is 4.14. The first kappa shape index (κ1) is 19.3. The average molecular weight is 357 g/mol. The summed E-state index contributed by atoms with van der Waals surface area (Å²) in [7, 11) is 1.52. The summed E-state index contributed by atoms with van der Waals surface area (Å²) in [5.41, 5.74) is 10.8. The average Bonchev–Trinajstić information content (AvgIpc) is 3.09. The molecule has 0 bridgehead atoms. The number of aliphatic hydroxyl groups is 2. The van der Waals surface area contributed by atoms with Gasteiger partial charge in [-0.25, -0.2) is 9.98 Å². The maximum Gasteiger partial charge on any atom is 0.271 e. The lowest BCUT2D eigenvalue weighted by atomic mass is 10.1. The highest BCUT2D eigenvalue weighted by Crippen LogP contribution is 2.35. The van der Waals surface area contributed by atoms with Crippen molar-refractivity contribution in [1.29, 1.82) is 0 Å². The van der Waals surface area contributed by atoms with Gasteiger partial charge < -0.3 is 35.9 Å². The monoisotopic (exact) mass is 357 g/mol. The molecule has 2 rings (SSSR count). The Hall–Kier alpha value is -2.05. The van der Waals surface area contributed by atoms with E-state index in [1.807, 2.05) is 0 Å². The van der Waals surface area contributed by atoms with E-state index in [9.17, 15) is 15.0 Å². The number of aliphatic imine (C=N–C) groups is 1. The van der Waals surface area contributed by atoms with E-state index < -0.39 is 30.4 Å². The number of ether oxygens (including phenoxy) is 3. The quantitative estimate of drug-likeness (QED) is 0.242. The van der Waals surface area contributed by atoms with Crippen molar-refractivity contribution in [1.82, 2.24) is 9.55 Å². The smallest absolute Gasteiger partial charge is 0.271 e. The predicted octanol–water partition coefficient (Wildman–Crippen LogP) is -1.73. The molecule has 1 saturated heterocycles. The van der Waals surface area contributed by atoms with Crippen LogP contribution >= 0.6 is 0 Å². The van der Waals surface area contributed by atoms with E-state index in [0.717, 1.165) is 0 Å². The standard InChI is InChI=1S/C14H23N5O6/c1-7(15)18-13-9(12(16)22)17-6-19(13)14-10(21)11(8(5-20)25-14)24-4-3-23-2/h6,8,10-11,14,20-21H,3-5H2,1-2H3,(H2,15,18)(H2,16,22)/t8-,10?,11?,14-/m1/s1. The first-order valence-corrected chi connectivity index (χ1v) is 7.63. The molecule has 1 amide bonds. The van der Waals surface area contributed by atoms with E-state index in [0.29, 0.717) is 6.61 Å². The Morgan fingerprint density at radius 3 is 2.76 bits per heavy atom. The number of aromatic nitrogens is 2. The van der Waals surface area contributed by atoms with Crippen LogP contribution in [0.2, 0.25) is 0 Å². The summed E-state index contributed by atoms with van der Waals surface area (Å²) < 4.78 is 17.4. The zero-order chi connectivity index (χ0) is 18.6. The maximum atomic E-state index is 11.5. The molecule has 0 saturated carbocycles. The van der Waals surface area contributed by atoms with Crippen molar-refractivity contribution >= 4 is 17.6 Å². The van der Waals surface area contributed by atoms with Crippen molar-refractivity contribution in [2.24, 2.45) is 16.5 Å². The molecule has 2 heterocycles. The number of carbonyl (C=O) groups is 1. The molecule has 11 nitrogen and oxygen atoms in total. The van der Waals surface area contributed by atoms with Gasteiger partial charge in [0.05, 0.1) is 32.0 Å². The molecule has 140 valence electrons. The zero-order valence-electron chi connectivity index (χ0n) is 14.0. The van der Waals surface area contributed by atoms with E-state index in [4.69, 9.17) is 25.7 Å². The highest BCUT2D eigenvalue weighted by molar-refractivity contribution is 5.96. The second kappa shape index (κ2) is 8.36. The van der Waals surface area contributed by atoms with Crippen molar-refractivity contribution in [2.45, 2.75) is 31.5 Å². The van der Waals surface area contributed by atoms with Crippen LogP contribution in [0, 0.1) is 0 Å². The number of imidazole rings is 1. The third-order valence-electron chi connectivity index (χ3n) is 3.64. The molecule has 25 heavy (non-hydrogen) atoms. The lowest BCUT2D eigenvalue weighted by Crippen LogP contribution is -2.37. The lowest BCUT2D eigenvalue weighted by molar-refractivity contribution is -0.0680. The Morgan fingerprint density at radius 2 is 2.20 bits per heavy atom. The molecule has 1 aliphatic rings. The summed E-state index contributed by atoms with van der Waals surface area (Å²) in [5, 5.41) is 20.1. The van der Waals surface area contributed by atoms with Gasteiger partial charge in [-0.3, -0.25) is 9.36 Å². The number of methoxy groups -OCH3 is 1. The molecule has 0 radical (unpaired) electrons. The SMILES string of the molecule is COCCOC1C(O)[C@H](n2cnc(C(N)=O)c2/N=C(\C)N)O[C@@H]1CO. The fourth-order valence-corrected chi connectivity index (χ4v) is 2.56.